The maximum Gasteiger partial charge on any atom is 0.286 e. The molecule has 3 aromatic carbocycles. The summed E-state index contributed by atoms with van der Waals surface area (Å²) in [4.78, 5) is 23.5. The first-order valence-corrected chi connectivity index (χ1v) is 11.6. The van der Waals surface area contributed by atoms with E-state index in [-0.39, 0.29) is 29.0 Å². The molecule has 2 N–H and O–H groups in total. The molecule has 0 aliphatic carbocycles. The number of benzene rings is 3. The van der Waals surface area contributed by atoms with Gasteiger partial charge in [-0.05, 0) is 59.9 Å². The molecule has 3 aromatic rings. The zero-order valence-electron chi connectivity index (χ0n) is 18.4. The number of halogens is 1. The van der Waals surface area contributed by atoms with Crippen LogP contribution in [0.5, 0.6) is 5.75 Å². The van der Waals surface area contributed by atoms with Crippen molar-refractivity contribution in [2.45, 2.75) is 30.7 Å². The summed E-state index contributed by atoms with van der Waals surface area (Å²) in [6, 6.07) is 22.1. The lowest BCUT2D eigenvalue weighted by Crippen LogP contribution is -2.26. The Bertz CT molecular complexity index is 1150. The molecule has 2 amide bonds. The average Bonchev–Trinajstić information content (AvgIpc) is 3.14. The lowest BCUT2D eigenvalue weighted by Gasteiger charge is -2.25. The Balaban J connectivity index is 1.63. The highest BCUT2D eigenvalue weighted by Crippen LogP contribution is 2.30. The van der Waals surface area contributed by atoms with Crippen LogP contribution in [-0.2, 0) is 11.2 Å². The van der Waals surface area contributed by atoms with Gasteiger partial charge in [-0.3, -0.25) is 20.2 Å². The van der Waals surface area contributed by atoms with Gasteiger partial charge in [0.2, 0.25) is 5.91 Å². The van der Waals surface area contributed by atoms with E-state index in [9.17, 15) is 14.0 Å². The number of rotatable bonds is 8. The Kier molecular flexibility index (Phi) is 7.11. The maximum atomic E-state index is 13.8. The van der Waals surface area contributed by atoms with Gasteiger partial charge in [-0.25, -0.2) is 4.39 Å². The number of imide groups is 1. The Morgan fingerprint density at radius 2 is 1.73 bits per heavy atom. The summed E-state index contributed by atoms with van der Waals surface area (Å²) >= 11 is 1.03. The molecular weight excluding hydrogens is 439 g/mol. The van der Waals surface area contributed by atoms with E-state index >= 15 is 0 Å². The third-order valence-corrected chi connectivity index (χ3v) is 6.67. The molecule has 1 heterocycles. The number of amides is 2. The predicted octanol–water partition coefficient (Wildman–Crippen LogP) is 5.17. The molecule has 1 fully saturated rings. The minimum Gasteiger partial charge on any atom is -0.497 e. The van der Waals surface area contributed by atoms with Gasteiger partial charge in [0.25, 0.3) is 5.24 Å². The molecule has 3 unspecified atom stereocenters. The summed E-state index contributed by atoms with van der Waals surface area (Å²) < 4.78 is 19.1. The second-order valence-electron chi connectivity index (χ2n) is 7.98. The van der Waals surface area contributed by atoms with Crippen molar-refractivity contribution in [2.24, 2.45) is 0 Å². The molecular formula is C26H25FN2O3S. The number of methoxy groups -OCH3 is 1. The number of nitrogens with one attached hydrogen (secondary N) is 2. The highest BCUT2D eigenvalue weighted by molar-refractivity contribution is 8.15. The van der Waals surface area contributed by atoms with Crippen LogP contribution in [0.3, 0.4) is 0 Å². The SMILES string of the molecule is COc1ccc(C(NC(C)c2cccc(F)c2)c2cccc(CC3SC(=O)NC3=O)c2)cc1. The lowest BCUT2D eigenvalue weighted by molar-refractivity contribution is -0.118. The standard InChI is InChI=1S/C26H25FN2O3S/c1-16(19-6-4-8-21(27)15-19)28-24(18-9-11-22(32-2)12-10-18)20-7-3-5-17(13-20)14-23-25(30)29-26(31)33-23/h3-13,15-16,23-24,28H,14H2,1-2H3,(H,29,30,31). The van der Waals surface area contributed by atoms with Crippen molar-refractivity contribution in [2.75, 3.05) is 7.11 Å². The summed E-state index contributed by atoms with van der Waals surface area (Å²) in [5, 5.41) is 5.23. The minimum absolute atomic E-state index is 0.120. The van der Waals surface area contributed by atoms with Crippen LogP contribution in [0, 0.1) is 5.82 Å². The maximum absolute atomic E-state index is 13.8. The molecule has 0 aromatic heterocycles. The zero-order valence-corrected chi connectivity index (χ0v) is 19.2. The van der Waals surface area contributed by atoms with Gasteiger partial charge in [0.1, 0.15) is 11.6 Å². The lowest BCUT2D eigenvalue weighted by atomic mass is 9.94. The molecule has 0 saturated carbocycles. The van der Waals surface area contributed by atoms with E-state index in [1.165, 1.54) is 12.1 Å². The fourth-order valence-electron chi connectivity index (χ4n) is 3.94. The monoisotopic (exact) mass is 464 g/mol. The summed E-state index contributed by atoms with van der Waals surface area (Å²) in [5.74, 6) is 0.240. The van der Waals surface area contributed by atoms with Crippen molar-refractivity contribution in [3.05, 3.63) is 101 Å². The van der Waals surface area contributed by atoms with Crippen molar-refractivity contribution in [1.29, 1.82) is 0 Å². The Hall–Kier alpha value is -3.16. The van der Waals surface area contributed by atoms with Gasteiger partial charge in [-0.2, -0.15) is 0 Å². The number of ether oxygens (including phenoxy) is 1. The largest absolute Gasteiger partial charge is 0.497 e. The molecule has 0 bridgehead atoms. The van der Waals surface area contributed by atoms with Gasteiger partial charge in [0.05, 0.1) is 18.4 Å². The molecule has 4 rings (SSSR count). The van der Waals surface area contributed by atoms with Crippen LogP contribution in [-0.4, -0.2) is 23.5 Å². The number of hydrogen-bond acceptors (Lipinski definition) is 5. The van der Waals surface area contributed by atoms with Gasteiger partial charge >= 0.3 is 0 Å². The van der Waals surface area contributed by atoms with E-state index < -0.39 is 5.25 Å². The second kappa shape index (κ2) is 10.2. The fraction of sp³-hybridized carbons (Fsp3) is 0.231. The predicted molar refractivity (Wildman–Crippen MR) is 128 cm³/mol. The summed E-state index contributed by atoms with van der Waals surface area (Å²) in [5.41, 5.74) is 3.85. The van der Waals surface area contributed by atoms with Crippen LogP contribution < -0.4 is 15.4 Å². The van der Waals surface area contributed by atoms with Gasteiger partial charge in [0.15, 0.2) is 0 Å². The van der Waals surface area contributed by atoms with Crippen molar-refractivity contribution in [3.63, 3.8) is 0 Å². The molecule has 1 aliphatic rings. The molecule has 0 spiro atoms. The van der Waals surface area contributed by atoms with Gasteiger partial charge in [-0.1, -0.05) is 60.3 Å². The van der Waals surface area contributed by atoms with Crippen LogP contribution in [0.4, 0.5) is 9.18 Å². The third-order valence-electron chi connectivity index (χ3n) is 5.69. The molecule has 0 radical (unpaired) electrons. The van der Waals surface area contributed by atoms with E-state index in [4.69, 9.17) is 4.74 Å². The molecule has 7 heteroatoms. The third kappa shape index (κ3) is 5.61. The Morgan fingerprint density at radius 1 is 1.00 bits per heavy atom. The minimum atomic E-state index is -0.425. The van der Waals surface area contributed by atoms with Crippen LogP contribution in [0.1, 0.15) is 41.3 Å². The smallest absolute Gasteiger partial charge is 0.286 e. The molecule has 1 aliphatic heterocycles. The quantitative estimate of drug-likeness (QED) is 0.482. The average molecular weight is 465 g/mol. The van der Waals surface area contributed by atoms with Gasteiger partial charge in [-0.15, -0.1) is 0 Å². The van der Waals surface area contributed by atoms with E-state index in [0.717, 1.165) is 39.8 Å². The van der Waals surface area contributed by atoms with E-state index in [1.807, 2.05) is 55.5 Å². The number of thioether (sulfide) groups is 1. The molecule has 170 valence electrons. The van der Waals surface area contributed by atoms with E-state index in [0.29, 0.717) is 6.42 Å². The first kappa shape index (κ1) is 23.0. The first-order valence-electron chi connectivity index (χ1n) is 10.7. The molecule has 1 saturated heterocycles. The van der Waals surface area contributed by atoms with Crippen LogP contribution in [0.25, 0.3) is 0 Å². The summed E-state index contributed by atoms with van der Waals surface area (Å²) in [6.07, 6.45) is 0.463. The first-order chi connectivity index (χ1) is 15.9. The van der Waals surface area contributed by atoms with Gasteiger partial charge < -0.3 is 4.74 Å². The van der Waals surface area contributed by atoms with Gasteiger partial charge in [0, 0.05) is 6.04 Å². The highest BCUT2D eigenvalue weighted by Gasteiger charge is 2.31. The Labute approximate surface area is 196 Å². The highest BCUT2D eigenvalue weighted by atomic mass is 32.2. The van der Waals surface area contributed by atoms with E-state index in [2.05, 4.69) is 16.7 Å². The zero-order chi connectivity index (χ0) is 23.4. The van der Waals surface area contributed by atoms with E-state index in [1.54, 1.807) is 13.2 Å². The number of carbonyl (C=O) groups excluding carboxylic acids is 2. The topological polar surface area (TPSA) is 67.4 Å². The van der Waals surface area contributed by atoms with Crippen LogP contribution >= 0.6 is 11.8 Å². The fourth-order valence-corrected chi connectivity index (χ4v) is 4.80. The Morgan fingerprint density at radius 3 is 2.39 bits per heavy atom. The molecule has 5 nitrogen and oxygen atoms in total. The van der Waals surface area contributed by atoms with Crippen molar-refractivity contribution in [1.82, 2.24) is 10.6 Å². The molecule has 33 heavy (non-hydrogen) atoms. The number of carbonyl (C=O) groups is 2. The van der Waals surface area contributed by atoms with Crippen LogP contribution in [0.15, 0.2) is 72.8 Å². The molecule has 3 atom stereocenters. The van der Waals surface area contributed by atoms with Crippen molar-refractivity contribution in [3.8, 4) is 5.75 Å². The van der Waals surface area contributed by atoms with Crippen LogP contribution in [0.2, 0.25) is 0 Å². The summed E-state index contributed by atoms with van der Waals surface area (Å²) in [7, 11) is 1.63. The number of hydrogen-bond donors (Lipinski definition) is 2. The van der Waals surface area contributed by atoms with Crippen molar-refractivity contribution >= 4 is 22.9 Å². The second-order valence-corrected chi connectivity index (χ2v) is 9.16. The van der Waals surface area contributed by atoms with Crippen molar-refractivity contribution < 1.29 is 18.7 Å². The summed E-state index contributed by atoms with van der Waals surface area (Å²) in [6.45, 7) is 2.00. The normalized spacial score (nSPS) is 17.5.